The lowest BCUT2D eigenvalue weighted by Crippen LogP contribution is -2.27. The summed E-state index contributed by atoms with van der Waals surface area (Å²) in [5.41, 5.74) is 6.05. The molecule has 0 aliphatic heterocycles. The molecule has 0 radical (unpaired) electrons. The number of sulfonamides is 1. The van der Waals surface area contributed by atoms with Gasteiger partial charge in [0.05, 0.1) is 0 Å². The highest BCUT2D eigenvalue weighted by Gasteiger charge is 2.25. The summed E-state index contributed by atoms with van der Waals surface area (Å²) in [5, 5.41) is 1.87. The van der Waals surface area contributed by atoms with Crippen LogP contribution in [0.1, 0.15) is 10.4 Å². The van der Waals surface area contributed by atoms with Crippen molar-refractivity contribution in [3.8, 4) is 0 Å². The zero-order chi connectivity index (χ0) is 14.8. The number of benzene rings is 1. The van der Waals surface area contributed by atoms with E-state index in [1.807, 2.05) is 17.5 Å². The lowest BCUT2D eigenvalue weighted by atomic mass is 10.2. The van der Waals surface area contributed by atoms with E-state index in [1.54, 1.807) is 0 Å². The summed E-state index contributed by atoms with van der Waals surface area (Å²) < 4.78 is 39.7. The Labute approximate surface area is 121 Å². The highest BCUT2D eigenvalue weighted by atomic mass is 32.2. The second-order valence-electron chi connectivity index (χ2n) is 4.31. The molecule has 0 unspecified atom stereocenters. The van der Waals surface area contributed by atoms with Gasteiger partial charge in [0, 0.05) is 25.0 Å². The fourth-order valence-corrected chi connectivity index (χ4v) is 3.85. The van der Waals surface area contributed by atoms with Crippen molar-refractivity contribution in [2.24, 2.45) is 5.73 Å². The zero-order valence-corrected chi connectivity index (χ0v) is 12.5. The summed E-state index contributed by atoms with van der Waals surface area (Å²) in [6.45, 7) is 0.379. The fraction of sp³-hybridized carbons (Fsp3) is 0.231. The Morgan fingerprint density at radius 2 is 2.10 bits per heavy atom. The maximum atomic E-state index is 13.8. The summed E-state index contributed by atoms with van der Waals surface area (Å²) in [6, 6.07) is 7.58. The molecule has 2 rings (SSSR count). The fourth-order valence-electron chi connectivity index (χ4n) is 1.75. The van der Waals surface area contributed by atoms with Gasteiger partial charge in [-0.2, -0.15) is 4.31 Å². The van der Waals surface area contributed by atoms with Gasteiger partial charge in [-0.3, -0.25) is 0 Å². The van der Waals surface area contributed by atoms with Gasteiger partial charge in [0.1, 0.15) is 10.7 Å². The standard InChI is InChI=1S/C13H15FN2O2S2/c1-16(9-11-3-2-6-19-11)20(17,18)13-7-10(8-15)4-5-12(13)14/h2-7H,8-9,15H2,1H3. The molecule has 0 bridgehead atoms. The van der Waals surface area contributed by atoms with E-state index in [-0.39, 0.29) is 18.0 Å². The van der Waals surface area contributed by atoms with Crippen LogP contribution in [0.2, 0.25) is 0 Å². The van der Waals surface area contributed by atoms with Gasteiger partial charge in [0.2, 0.25) is 10.0 Å². The van der Waals surface area contributed by atoms with Gasteiger partial charge in [-0.1, -0.05) is 12.1 Å². The molecule has 2 aromatic rings. The minimum absolute atomic E-state index is 0.164. The van der Waals surface area contributed by atoms with Crippen LogP contribution in [0.25, 0.3) is 0 Å². The van der Waals surface area contributed by atoms with Gasteiger partial charge in [-0.25, -0.2) is 12.8 Å². The van der Waals surface area contributed by atoms with E-state index in [9.17, 15) is 12.8 Å². The topological polar surface area (TPSA) is 63.4 Å². The monoisotopic (exact) mass is 314 g/mol. The first-order valence-corrected chi connectivity index (χ1v) is 8.24. The number of hydrogen-bond acceptors (Lipinski definition) is 4. The first kappa shape index (κ1) is 15.1. The molecule has 108 valence electrons. The predicted octanol–water partition coefficient (Wildman–Crippen LogP) is 2.17. The van der Waals surface area contributed by atoms with Crippen LogP contribution in [0.4, 0.5) is 4.39 Å². The Hall–Kier alpha value is -1.28. The molecule has 1 aromatic heterocycles. The first-order valence-electron chi connectivity index (χ1n) is 5.92. The quantitative estimate of drug-likeness (QED) is 0.920. The van der Waals surface area contributed by atoms with Crippen molar-refractivity contribution in [3.05, 3.63) is 52.0 Å². The highest BCUT2D eigenvalue weighted by Crippen LogP contribution is 2.22. The molecule has 4 nitrogen and oxygen atoms in total. The number of halogens is 1. The van der Waals surface area contributed by atoms with Crippen molar-refractivity contribution < 1.29 is 12.8 Å². The predicted molar refractivity (Wildman–Crippen MR) is 77.3 cm³/mol. The molecule has 20 heavy (non-hydrogen) atoms. The van der Waals surface area contributed by atoms with Crippen LogP contribution in [0.5, 0.6) is 0 Å². The molecule has 7 heteroatoms. The van der Waals surface area contributed by atoms with Gasteiger partial charge in [0.15, 0.2) is 0 Å². The van der Waals surface area contributed by atoms with E-state index in [4.69, 9.17) is 5.73 Å². The van der Waals surface area contributed by atoms with Crippen LogP contribution in [-0.4, -0.2) is 19.8 Å². The Bertz CT molecular complexity index is 684. The lowest BCUT2D eigenvalue weighted by Gasteiger charge is -2.17. The summed E-state index contributed by atoms with van der Waals surface area (Å²) in [6.07, 6.45) is 0. The summed E-state index contributed by atoms with van der Waals surface area (Å²) in [4.78, 5) is 0.561. The molecular formula is C13H15FN2O2S2. The molecule has 0 spiro atoms. The molecule has 0 amide bonds. The first-order chi connectivity index (χ1) is 9.45. The molecule has 1 heterocycles. The summed E-state index contributed by atoms with van der Waals surface area (Å²) in [5.74, 6) is -0.764. The van der Waals surface area contributed by atoms with Crippen LogP contribution >= 0.6 is 11.3 Å². The number of thiophene rings is 1. The maximum Gasteiger partial charge on any atom is 0.246 e. The third-order valence-electron chi connectivity index (χ3n) is 2.88. The van der Waals surface area contributed by atoms with Gasteiger partial charge in [-0.05, 0) is 29.1 Å². The summed E-state index contributed by atoms with van der Waals surface area (Å²) >= 11 is 1.45. The third-order valence-corrected chi connectivity index (χ3v) is 5.56. The van der Waals surface area contributed by atoms with E-state index in [0.29, 0.717) is 5.56 Å². The normalized spacial score (nSPS) is 12.0. The van der Waals surface area contributed by atoms with Gasteiger partial charge < -0.3 is 5.73 Å². The molecule has 0 atom stereocenters. The Kier molecular flexibility index (Phi) is 4.54. The summed E-state index contributed by atoms with van der Waals surface area (Å²) in [7, 11) is -2.43. The van der Waals surface area contributed by atoms with Crippen LogP contribution in [0.3, 0.4) is 0 Å². The highest BCUT2D eigenvalue weighted by molar-refractivity contribution is 7.89. The molecule has 1 aromatic carbocycles. The van der Waals surface area contributed by atoms with Gasteiger partial charge in [-0.15, -0.1) is 11.3 Å². The van der Waals surface area contributed by atoms with Crippen LogP contribution in [0, 0.1) is 5.82 Å². The number of rotatable bonds is 5. The van der Waals surface area contributed by atoms with Crippen LogP contribution < -0.4 is 5.73 Å². The van der Waals surface area contributed by atoms with Crippen LogP contribution in [0.15, 0.2) is 40.6 Å². The van der Waals surface area contributed by atoms with Crippen molar-refractivity contribution in [3.63, 3.8) is 0 Å². The van der Waals surface area contributed by atoms with Crippen molar-refractivity contribution in [1.82, 2.24) is 4.31 Å². The number of nitrogens with zero attached hydrogens (tertiary/aromatic N) is 1. The molecule has 0 aliphatic carbocycles. The maximum absolute atomic E-state index is 13.8. The smallest absolute Gasteiger partial charge is 0.246 e. The van der Waals surface area contributed by atoms with E-state index >= 15 is 0 Å². The molecule has 0 fully saturated rings. The second-order valence-corrected chi connectivity index (χ2v) is 7.35. The van der Waals surface area contributed by atoms with Crippen molar-refractivity contribution in [1.29, 1.82) is 0 Å². The van der Waals surface area contributed by atoms with Gasteiger partial charge in [0.25, 0.3) is 0 Å². The molecule has 0 aliphatic rings. The minimum Gasteiger partial charge on any atom is -0.326 e. The molecule has 0 saturated carbocycles. The van der Waals surface area contributed by atoms with Gasteiger partial charge >= 0.3 is 0 Å². The Morgan fingerprint density at radius 1 is 1.35 bits per heavy atom. The molecule has 2 N–H and O–H groups in total. The van der Waals surface area contributed by atoms with E-state index < -0.39 is 15.8 Å². The Balaban J connectivity index is 2.34. The van der Waals surface area contributed by atoms with Crippen LogP contribution in [-0.2, 0) is 23.1 Å². The van der Waals surface area contributed by atoms with E-state index in [1.165, 1.54) is 30.5 Å². The second kappa shape index (κ2) is 6.01. The average molecular weight is 314 g/mol. The number of nitrogens with two attached hydrogens (primary N) is 1. The largest absolute Gasteiger partial charge is 0.326 e. The lowest BCUT2D eigenvalue weighted by molar-refractivity contribution is 0.462. The Morgan fingerprint density at radius 3 is 2.70 bits per heavy atom. The van der Waals surface area contributed by atoms with E-state index in [2.05, 4.69) is 0 Å². The van der Waals surface area contributed by atoms with Crippen molar-refractivity contribution in [2.45, 2.75) is 18.0 Å². The van der Waals surface area contributed by atoms with E-state index in [0.717, 1.165) is 15.2 Å². The molecular weight excluding hydrogens is 299 g/mol. The molecule has 0 saturated heterocycles. The average Bonchev–Trinajstić information content (AvgIpc) is 2.92. The third kappa shape index (κ3) is 3.06. The number of hydrogen-bond donors (Lipinski definition) is 1. The zero-order valence-electron chi connectivity index (χ0n) is 10.9. The van der Waals surface area contributed by atoms with Crippen molar-refractivity contribution in [2.75, 3.05) is 7.05 Å². The van der Waals surface area contributed by atoms with Crippen molar-refractivity contribution >= 4 is 21.4 Å². The SMILES string of the molecule is CN(Cc1cccs1)S(=O)(=O)c1cc(CN)ccc1F. The minimum atomic E-state index is -3.87.